The van der Waals surface area contributed by atoms with E-state index in [1.165, 1.54) is 6.42 Å². The minimum atomic E-state index is 0.190. The molecule has 0 spiro atoms. The van der Waals surface area contributed by atoms with Gasteiger partial charge in [0, 0.05) is 18.9 Å². The van der Waals surface area contributed by atoms with E-state index in [1.807, 2.05) is 0 Å². The molecule has 0 fully saturated rings. The van der Waals surface area contributed by atoms with Crippen molar-refractivity contribution >= 4 is 0 Å². The average Bonchev–Trinajstić information content (AvgIpc) is 2.59. The maximum atomic E-state index is 5.99. The number of rotatable bonds is 2. The maximum Gasteiger partial charge on any atom is 0.133 e. The number of aromatic nitrogens is 3. The fourth-order valence-electron chi connectivity index (χ4n) is 2.25. The zero-order valence-electron chi connectivity index (χ0n) is 8.90. The zero-order valence-corrected chi connectivity index (χ0v) is 8.90. The molecular formula is C10H18N4. The van der Waals surface area contributed by atoms with Crippen molar-refractivity contribution in [3.63, 3.8) is 0 Å². The molecule has 0 bridgehead atoms. The first-order valence-electron chi connectivity index (χ1n) is 5.42. The predicted molar refractivity (Wildman–Crippen MR) is 55.0 cm³/mol. The van der Waals surface area contributed by atoms with Gasteiger partial charge >= 0.3 is 0 Å². The van der Waals surface area contributed by atoms with Gasteiger partial charge in [-0.3, -0.25) is 0 Å². The van der Waals surface area contributed by atoms with Gasteiger partial charge in [0.2, 0.25) is 0 Å². The van der Waals surface area contributed by atoms with Crippen LogP contribution in [0.1, 0.15) is 44.4 Å². The molecule has 2 unspecified atom stereocenters. The van der Waals surface area contributed by atoms with Crippen LogP contribution in [0.2, 0.25) is 0 Å². The maximum absolute atomic E-state index is 5.99. The zero-order chi connectivity index (χ0) is 10.1. The Morgan fingerprint density at radius 2 is 2.36 bits per heavy atom. The van der Waals surface area contributed by atoms with E-state index in [0.717, 1.165) is 30.9 Å². The number of nitrogens with zero attached hydrogens (tertiary/aromatic N) is 3. The highest BCUT2D eigenvalue weighted by molar-refractivity contribution is 5.03. The van der Waals surface area contributed by atoms with Crippen molar-refractivity contribution in [2.24, 2.45) is 5.73 Å². The first-order valence-corrected chi connectivity index (χ1v) is 5.42. The SMILES string of the molecule is CCc1nnc2n1C(C(C)N)CCC2. The van der Waals surface area contributed by atoms with Gasteiger partial charge < -0.3 is 10.3 Å². The van der Waals surface area contributed by atoms with Crippen LogP contribution in [-0.2, 0) is 12.8 Å². The van der Waals surface area contributed by atoms with Gasteiger partial charge in [-0.2, -0.15) is 0 Å². The third-order valence-electron chi connectivity index (χ3n) is 2.99. The van der Waals surface area contributed by atoms with E-state index < -0.39 is 0 Å². The van der Waals surface area contributed by atoms with Crippen molar-refractivity contribution in [1.29, 1.82) is 0 Å². The first-order chi connectivity index (χ1) is 6.74. The molecule has 0 aromatic carbocycles. The molecule has 2 rings (SSSR count). The van der Waals surface area contributed by atoms with Gasteiger partial charge in [0.15, 0.2) is 0 Å². The Bertz CT molecular complexity index is 302. The fourth-order valence-corrected chi connectivity index (χ4v) is 2.25. The lowest BCUT2D eigenvalue weighted by Crippen LogP contribution is -2.33. The van der Waals surface area contributed by atoms with Crippen LogP contribution < -0.4 is 5.73 Å². The summed E-state index contributed by atoms with van der Waals surface area (Å²) >= 11 is 0. The molecule has 4 heteroatoms. The monoisotopic (exact) mass is 194 g/mol. The quantitative estimate of drug-likeness (QED) is 0.766. The molecule has 0 amide bonds. The summed E-state index contributed by atoms with van der Waals surface area (Å²) in [5, 5.41) is 8.42. The van der Waals surface area contributed by atoms with Gasteiger partial charge in [0.1, 0.15) is 11.6 Å². The van der Waals surface area contributed by atoms with Crippen LogP contribution in [0.15, 0.2) is 0 Å². The Hall–Kier alpha value is -0.900. The summed E-state index contributed by atoms with van der Waals surface area (Å²) in [5.41, 5.74) is 5.99. The smallest absolute Gasteiger partial charge is 0.133 e. The van der Waals surface area contributed by atoms with Crippen molar-refractivity contribution in [3.8, 4) is 0 Å². The molecule has 0 saturated heterocycles. The summed E-state index contributed by atoms with van der Waals surface area (Å²) in [7, 11) is 0. The highest BCUT2D eigenvalue weighted by atomic mass is 15.3. The van der Waals surface area contributed by atoms with Gasteiger partial charge in [0.05, 0.1) is 6.04 Å². The molecule has 1 aromatic heterocycles. The van der Waals surface area contributed by atoms with E-state index >= 15 is 0 Å². The van der Waals surface area contributed by atoms with Crippen LogP contribution in [0.3, 0.4) is 0 Å². The molecule has 0 radical (unpaired) electrons. The molecule has 0 saturated carbocycles. The summed E-state index contributed by atoms with van der Waals surface area (Å²) in [5.74, 6) is 2.21. The topological polar surface area (TPSA) is 56.7 Å². The van der Waals surface area contributed by atoms with E-state index in [-0.39, 0.29) is 6.04 Å². The van der Waals surface area contributed by atoms with Gasteiger partial charge in [-0.05, 0) is 19.8 Å². The van der Waals surface area contributed by atoms with Gasteiger partial charge in [-0.1, -0.05) is 6.92 Å². The highest BCUT2D eigenvalue weighted by Gasteiger charge is 2.26. The Kier molecular flexibility index (Phi) is 2.54. The third-order valence-corrected chi connectivity index (χ3v) is 2.99. The van der Waals surface area contributed by atoms with Crippen LogP contribution in [-0.4, -0.2) is 20.8 Å². The first kappa shape index (κ1) is 9.65. The van der Waals surface area contributed by atoms with Gasteiger partial charge in [-0.25, -0.2) is 0 Å². The molecule has 2 N–H and O–H groups in total. The van der Waals surface area contributed by atoms with E-state index in [2.05, 4.69) is 28.6 Å². The second-order valence-electron chi connectivity index (χ2n) is 4.07. The molecule has 78 valence electrons. The summed E-state index contributed by atoms with van der Waals surface area (Å²) in [6.07, 6.45) is 4.34. The van der Waals surface area contributed by atoms with Crippen LogP contribution in [0.4, 0.5) is 0 Å². The van der Waals surface area contributed by atoms with E-state index in [4.69, 9.17) is 5.73 Å². The molecule has 1 aliphatic heterocycles. The van der Waals surface area contributed by atoms with E-state index in [0.29, 0.717) is 6.04 Å². The average molecular weight is 194 g/mol. The molecule has 2 atom stereocenters. The summed E-state index contributed by atoms with van der Waals surface area (Å²) in [6.45, 7) is 4.18. The number of hydrogen-bond acceptors (Lipinski definition) is 3. The van der Waals surface area contributed by atoms with Crippen molar-refractivity contribution in [3.05, 3.63) is 11.6 Å². The fraction of sp³-hybridized carbons (Fsp3) is 0.800. The van der Waals surface area contributed by atoms with Crippen molar-refractivity contribution in [2.45, 2.75) is 51.6 Å². The van der Waals surface area contributed by atoms with Crippen molar-refractivity contribution in [2.75, 3.05) is 0 Å². The summed E-state index contributed by atoms with van der Waals surface area (Å²) < 4.78 is 2.26. The molecule has 14 heavy (non-hydrogen) atoms. The highest BCUT2D eigenvalue weighted by Crippen LogP contribution is 2.27. The second-order valence-corrected chi connectivity index (χ2v) is 4.07. The molecule has 1 aromatic rings. The van der Waals surface area contributed by atoms with Crippen LogP contribution in [0, 0.1) is 0 Å². The Morgan fingerprint density at radius 3 is 3.00 bits per heavy atom. The Morgan fingerprint density at radius 1 is 1.57 bits per heavy atom. The van der Waals surface area contributed by atoms with Crippen LogP contribution in [0.25, 0.3) is 0 Å². The minimum absolute atomic E-state index is 0.190. The van der Waals surface area contributed by atoms with Gasteiger partial charge in [0.25, 0.3) is 0 Å². The van der Waals surface area contributed by atoms with Crippen LogP contribution in [0.5, 0.6) is 0 Å². The minimum Gasteiger partial charge on any atom is -0.326 e. The van der Waals surface area contributed by atoms with E-state index in [9.17, 15) is 0 Å². The summed E-state index contributed by atoms with van der Waals surface area (Å²) in [6, 6.07) is 0.596. The molecule has 4 nitrogen and oxygen atoms in total. The lowest BCUT2D eigenvalue weighted by Gasteiger charge is -2.28. The normalized spacial score (nSPS) is 23.2. The largest absolute Gasteiger partial charge is 0.326 e. The number of nitrogens with two attached hydrogens (primary N) is 1. The lowest BCUT2D eigenvalue weighted by atomic mass is 9.99. The number of hydrogen-bond donors (Lipinski definition) is 1. The van der Waals surface area contributed by atoms with Gasteiger partial charge in [-0.15, -0.1) is 10.2 Å². The predicted octanol–water partition coefficient (Wildman–Crippen LogP) is 1.07. The molecule has 2 heterocycles. The lowest BCUT2D eigenvalue weighted by molar-refractivity contribution is 0.342. The Labute approximate surface area is 84.5 Å². The second kappa shape index (κ2) is 3.69. The third kappa shape index (κ3) is 1.43. The molecule has 0 aliphatic carbocycles. The standard InChI is InChI=1S/C10H18N4/c1-3-9-12-13-10-6-4-5-8(7(2)11)14(9)10/h7-8H,3-6,11H2,1-2H3. The number of fused-ring (bicyclic) bond motifs is 1. The van der Waals surface area contributed by atoms with Crippen molar-refractivity contribution < 1.29 is 0 Å². The van der Waals surface area contributed by atoms with Crippen LogP contribution >= 0.6 is 0 Å². The Balaban J connectivity index is 2.40. The van der Waals surface area contributed by atoms with E-state index in [1.54, 1.807) is 0 Å². The van der Waals surface area contributed by atoms with Crippen molar-refractivity contribution in [1.82, 2.24) is 14.8 Å². The molecule has 1 aliphatic rings. The molecular weight excluding hydrogens is 176 g/mol. The number of aryl methyl sites for hydroxylation is 2. The summed E-state index contributed by atoms with van der Waals surface area (Å²) in [4.78, 5) is 0.